The molecule has 0 spiro atoms. The van der Waals surface area contributed by atoms with E-state index in [1.54, 1.807) is 0 Å². The van der Waals surface area contributed by atoms with E-state index in [0.29, 0.717) is 11.7 Å². The van der Waals surface area contributed by atoms with Gasteiger partial charge in [0, 0.05) is 18.3 Å². The van der Waals surface area contributed by atoms with Gasteiger partial charge in [-0.2, -0.15) is 0 Å². The van der Waals surface area contributed by atoms with Gasteiger partial charge >= 0.3 is 5.97 Å². The van der Waals surface area contributed by atoms with Crippen LogP contribution in [0.15, 0.2) is 66.9 Å². The van der Waals surface area contributed by atoms with E-state index in [-0.39, 0.29) is 12.6 Å². The molecule has 1 aliphatic rings. The number of ether oxygens (including phenoxy) is 2. The predicted octanol–water partition coefficient (Wildman–Crippen LogP) is 5.11. The van der Waals surface area contributed by atoms with E-state index in [0.717, 1.165) is 11.9 Å². The number of rotatable bonds is 6. The highest BCUT2D eigenvalue weighted by Crippen LogP contribution is 2.44. The lowest BCUT2D eigenvalue weighted by molar-refractivity contribution is -0.142. The molecule has 1 aliphatic carbocycles. The van der Waals surface area contributed by atoms with Gasteiger partial charge in [-0.05, 0) is 58.9 Å². The molecule has 2 heterocycles. The van der Waals surface area contributed by atoms with Crippen molar-refractivity contribution >= 4 is 22.3 Å². The number of aromatic nitrogens is 1. The van der Waals surface area contributed by atoms with Crippen molar-refractivity contribution in [2.45, 2.75) is 25.2 Å². The summed E-state index contributed by atoms with van der Waals surface area (Å²) < 4.78 is 12.7. The minimum absolute atomic E-state index is 0.0846. The minimum Gasteiger partial charge on any atom is -0.480 e. The van der Waals surface area contributed by atoms with Crippen LogP contribution < -0.4 is 4.74 Å². The quantitative estimate of drug-likeness (QED) is 0.433. The lowest BCUT2D eigenvalue weighted by Gasteiger charge is -2.11. The highest BCUT2D eigenvalue weighted by Gasteiger charge is 2.29. The van der Waals surface area contributed by atoms with Crippen molar-refractivity contribution in [1.82, 2.24) is 4.40 Å². The Labute approximate surface area is 169 Å². The second-order valence-electron chi connectivity index (χ2n) is 7.63. The molecule has 0 N–H and O–H groups in total. The number of pyridine rings is 1. The van der Waals surface area contributed by atoms with Gasteiger partial charge in [0.1, 0.15) is 5.75 Å². The number of esters is 1. The number of nitrogens with zero attached hydrogens (tertiary/aromatic N) is 1. The first-order chi connectivity index (χ1) is 14.2. The Morgan fingerprint density at radius 1 is 1.07 bits per heavy atom. The van der Waals surface area contributed by atoms with E-state index in [4.69, 9.17) is 9.47 Å². The van der Waals surface area contributed by atoms with Crippen molar-refractivity contribution in [3.8, 4) is 5.75 Å². The van der Waals surface area contributed by atoms with Crippen LogP contribution >= 0.6 is 0 Å². The average Bonchev–Trinajstić information content (AvgIpc) is 3.54. The second-order valence-corrected chi connectivity index (χ2v) is 7.63. The van der Waals surface area contributed by atoms with Gasteiger partial charge in [0.2, 0.25) is 0 Å². The van der Waals surface area contributed by atoms with Crippen LogP contribution in [-0.2, 0) is 16.0 Å². The highest BCUT2D eigenvalue weighted by molar-refractivity contribution is 5.86. The Morgan fingerprint density at radius 2 is 1.90 bits per heavy atom. The second kappa shape index (κ2) is 7.28. The third-order valence-corrected chi connectivity index (χ3v) is 5.74. The van der Waals surface area contributed by atoms with Crippen LogP contribution in [0, 0.1) is 0 Å². The molecule has 5 rings (SSSR count). The van der Waals surface area contributed by atoms with Crippen LogP contribution in [0.2, 0.25) is 0 Å². The van der Waals surface area contributed by atoms with Crippen LogP contribution in [0.4, 0.5) is 0 Å². The summed E-state index contributed by atoms with van der Waals surface area (Å²) in [5, 5.41) is 2.56. The molecular formula is C25H23NO3. The topological polar surface area (TPSA) is 39.9 Å². The largest absolute Gasteiger partial charge is 0.480 e. The molecule has 4 nitrogen and oxygen atoms in total. The fraction of sp³-hybridized carbons (Fsp3) is 0.240. The number of methoxy groups -OCH3 is 1. The molecule has 2 aromatic heterocycles. The molecule has 0 aliphatic heterocycles. The third-order valence-electron chi connectivity index (χ3n) is 5.74. The normalized spacial score (nSPS) is 13.7. The number of hydrogen-bond acceptors (Lipinski definition) is 3. The number of carbonyl (C=O) groups is 1. The summed E-state index contributed by atoms with van der Waals surface area (Å²) in [5.74, 6) is 0.953. The molecule has 2 aromatic carbocycles. The molecule has 0 unspecified atom stereocenters. The third kappa shape index (κ3) is 3.35. The molecule has 0 amide bonds. The van der Waals surface area contributed by atoms with Crippen LogP contribution in [0.25, 0.3) is 16.3 Å². The maximum atomic E-state index is 11.5. The van der Waals surface area contributed by atoms with E-state index in [1.807, 2.05) is 12.1 Å². The van der Waals surface area contributed by atoms with Gasteiger partial charge in [-0.3, -0.25) is 0 Å². The lowest BCUT2D eigenvalue weighted by Crippen LogP contribution is -2.12. The summed E-state index contributed by atoms with van der Waals surface area (Å²) in [6, 6.07) is 21.2. The molecule has 0 radical (unpaired) electrons. The summed E-state index contributed by atoms with van der Waals surface area (Å²) >= 11 is 0. The standard InChI is InChI=1S/C25H23NO3/c1-28-25(27)16-29-24-10-5-13-26-22(21(15-23(24)26)18-11-12-18)14-19-8-4-7-17-6-2-3-9-20(17)19/h2-10,13,15,18H,11-12,14,16H2,1H3. The fourth-order valence-corrected chi connectivity index (χ4v) is 4.13. The van der Waals surface area contributed by atoms with Gasteiger partial charge in [0.15, 0.2) is 6.61 Å². The minimum atomic E-state index is -0.378. The maximum Gasteiger partial charge on any atom is 0.343 e. The summed E-state index contributed by atoms with van der Waals surface area (Å²) in [7, 11) is 1.37. The summed E-state index contributed by atoms with van der Waals surface area (Å²) in [5.41, 5.74) is 5.04. The molecule has 0 bridgehead atoms. The van der Waals surface area contributed by atoms with Crippen LogP contribution in [0.1, 0.15) is 35.6 Å². The van der Waals surface area contributed by atoms with Crippen LogP contribution in [0.5, 0.6) is 5.75 Å². The first-order valence-electron chi connectivity index (χ1n) is 10.0. The molecule has 1 fully saturated rings. The molecular weight excluding hydrogens is 362 g/mol. The van der Waals surface area contributed by atoms with Crippen molar-refractivity contribution in [1.29, 1.82) is 0 Å². The molecule has 0 saturated heterocycles. The zero-order chi connectivity index (χ0) is 19.8. The van der Waals surface area contributed by atoms with Gasteiger partial charge in [0.05, 0.1) is 12.6 Å². The number of hydrogen-bond donors (Lipinski definition) is 0. The Hall–Kier alpha value is -3.27. The zero-order valence-corrected chi connectivity index (χ0v) is 16.4. The first kappa shape index (κ1) is 17.8. The molecule has 4 heteroatoms. The lowest BCUT2D eigenvalue weighted by atomic mass is 9.98. The van der Waals surface area contributed by atoms with Crippen molar-refractivity contribution in [2.75, 3.05) is 13.7 Å². The Morgan fingerprint density at radius 3 is 2.72 bits per heavy atom. The number of carbonyl (C=O) groups excluding carboxylic acids is 1. The highest BCUT2D eigenvalue weighted by atomic mass is 16.6. The zero-order valence-electron chi connectivity index (χ0n) is 16.4. The fourth-order valence-electron chi connectivity index (χ4n) is 4.13. The Bertz CT molecular complexity index is 1200. The average molecular weight is 385 g/mol. The number of fused-ring (bicyclic) bond motifs is 2. The molecule has 1 saturated carbocycles. The van der Waals surface area contributed by atoms with Gasteiger partial charge in [-0.15, -0.1) is 0 Å². The van der Waals surface area contributed by atoms with E-state index < -0.39 is 0 Å². The van der Waals surface area contributed by atoms with Crippen LogP contribution in [0.3, 0.4) is 0 Å². The monoisotopic (exact) mass is 385 g/mol. The SMILES string of the molecule is COC(=O)COc1cccn2c(Cc3cccc4ccccc34)c(C3CC3)cc12. The Balaban J connectivity index is 1.59. The first-order valence-corrected chi connectivity index (χ1v) is 10.0. The molecule has 0 atom stereocenters. The number of benzene rings is 2. The van der Waals surface area contributed by atoms with Crippen molar-refractivity contribution in [3.05, 3.63) is 83.7 Å². The van der Waals surface area contributed by atoms with E-state index in [9.17, 15) is 4.79 Å². The summed E-state index contributed by atoms with van der Waals surface area (Å²) in [6.45, 7) is -0.0846. The Kier molecular flexibility index (Phi) is 4.47. The van der Waals surface area contributed by atoms with Crippen molar-refractivity contribution < 1.29 is 14.3 Å². The summed E-state index contributed by atoms with van der Waals surface area (Å²) in [6.07, 6.45) is 5.42. The molecule has 4 aromatic rings. The predicted molar refractivity (Wildman–Crippen MR) is 114 cm³/mol. The van der Waals surface area contributed by atoms with E-state index >= 15 is 0 Å². The van der Waals surface area contributed by atoms with Crippen molar-refractivity contribution in [3.63, 3.8) is 0 Å². The van der Waals surface area contributed by atoms with Gasteiger partial charge < -0.3 is 13.9 Å². The van der Waals surface area contributed by atoms with E-state index in [2.05, 4.69) is 59.1 Å². The smallest absolute Gasteiger partial charge is 0.343 e. The van der Waals surface area contributed by atoms with Gasteiger partial charge in [-0.25, -0.2) is 4.79 Å². The van der Waals surface area contributed by atoms with Gasteiger partial charge in [0.25, 0.3) is 0 Å². The van der Waals surface area contributed by atoms with Gasteiger partial charge in [-0.1, -0.05) is 42.5 Å². The van der Waals surface area contributed by atoms with E-state index in [1.165, 1.54) is 47.5 Å². The molecule has 146 valence electrons. The molecule has 29 heavy (non-hydrogen) atoms. The van der Waals surface area contributed by atoms with Crippen LogP contribution in [-0.4, -0.2) is 24.1 Å². The maximum absolute atomic E-state index is 11.5. The summed E-state index contributed by atoms with van der Waals surface area (Å²) in [4.78, 5) is 11.5. The van der Waals surface area contributed by atoms with Crippen molar-refractivity contribution in [2.24, 2.45) is 0 Å².